The summed E-state index contributed by atoms with van der Waals surface area (Å²) in [6.07, 6.45) is -1.74. The number of nitrogens with one attached hydrogen (secondary N) is 2. The Labute approximate surface area is 82.3 Å². The number of aliphatic hydroxyl groups is 1. The van der Waals surface area contributed by atoms with Crippen LogP contribution in [0, 0.1) is 0 Å². The van der Waals surface area contributed by atoms with Gasteiger partial charge in [-0.25, -0.2) is 4.79 Å². The van der Waals surface area contributed by atoms with Crippen LogP contribution in [0.5, 0.6) is 0 Å². The molecule has 0 amide bonds. The van der Waals surface area contributed by atoms with Gasteiger partial charge in [0.05, 0.1) is 0 Å². The minimum absolute atomic E-state index is 0.297. The molecule has 7 nitrogen and oxygen atoms in total. The molecule has 0 aromatic carbocycles. The fourth-order valence-corrected chi connectivity index (χ4v) is 1.71. The Balaban J connectivity index is 4.06. The van der Waals surface area contributed by atoms with E-state index in [4.69, 9.17) is 10.2 Å². The lowest BCUT2D eigenvalue weighted by molar-refractivity contribution is -0.146. The lowest BCUT2D eigenvalue weighted by atomic mass is 10.4. The quantitative estimate of drug-likeness (QED) is 0.429. The first-order valence-corrected chi connectivity index (χ1v) is 5.40. The summed E-state index contributed by atoms with van der Waals surface area (Å²) < 4.78 is 26.2. The smallest absolute Gasteiger partial charge is 0.333 e. The SMILES string of the molecule is CC(C)NS(=O)(=O)NCC(O)C(=O)O. The first kappa shape index (κ1) is 13.3. The molecule has 8 heteroatoms. The zero-order valence-corrected chi connectivity index (χ0v) is 8.71. The average Bonchev–Trinajstić information content (AvgIpc) is 1.97. The van der Waals surface area contributed by atoms with E-state index in [9.17, 15) is 13.2 Å². The van der Waals surface area contributed by atoms with Gasteiger partial charge >= 0.3 is 5.97 Å². The van der Waals surface area contributed by atoms with Crippen LogP contribution < -0.4 is 9.44 Å². The molecule has 0 aromatic heterocycles. The van der Waals surface area contributed by atoms with Crippen molar-refractivity contribution in [2.24, 2.45) is 0 Å². The molecule has 4 N–H and O–H groups in total. The van der Waals surface area contributed by atoms with Crippen molar-refractivity contribution in [3.05, 3.63) is 0 Å². The maximum absolute atomic E-state index is 11.0. The van der Waals surface area contributed by atoms with Gasteiger partial charge in [-0.15, -0.1) is 0 Å². The molecule has 0 aliphatic rings. The number of hydrogen-bond donors (Lipinski definition) is 4. The number of hydrogen-bond acceptors (Lipinski definition) is 4. The van der Waals surface area contributed by atoms with Gasteiger partial charge in [0.2, 0.25) is 0 Å². The highest BCUT2D eigenvalue weighted by molar-refractivity contribution is 7.87. The summed E-state index contributed by atoms with van der Waals surface area (Å²) in [5.41, 5.74) is 0. The van der Waals surface area contributed by atoms with E-state index in [0.717, 1.165) is 0 Å². The van der Waals surface area contributed by atoms with Gasteiger partial charge in [0.1, 0.15) is 0 Å². The molecule has 0 saturated carbocycles. The Morgan fingerprint density at radius 2 is 1.93 bits per heavy atom. The van der Waals surface area contributed by atoms with E-state index in [1.54, 1.807) is 13.8 Å². The Morgan fingerprint density at radius 3 is 2.29 bits per heavy atom. The second-order valence-corrected chi connectivity index (χ2v) is 4.51. The number of aliphatic hydroxyl groups excluding tert-OH is 1. The number of carboxylic acid groups (broad SMARTS) is 1. The van der Waals surface area contributed by atoms with Crippen molar-refractivity contribution in [2.75, 3.05) is 6.54 Å². The normalized spacial score (nSPS) is 14.3. The molecule has 0 aromatic rings. The van der Waals surface area contributed by atoms with Gasteiger partial charge in [0.15, 0.2) is 6.10 Å². The van der Waals surface area contributed by atoms with Crippen molar-refractivity contribution < 1.29 is 23.4 Å². The summed E-state index contributed by atoms with van der Waals surface area (Å²) in [6, 6.07) is -0.297. The zero-order chi connectivity index (χ0) is 11.4. The predicted molar refractivity (Wildman–Crippen MR) is 48.8 cm³/mol. The van der Waals surface area contributed by atoms with Crippen LogP contribution in [0.1, 0.15) is 13.8 Å². The fraction of sp³-hybridized carbons (Fsp3) is 0.833. The summed E-state index contributed by atoms with van der Waals surface area (Å²) in [5, 5.41) is 17.0. The number of carbonyl (C=O) groups is 1. The van der Waals surface area contributed by atoms with E-state index >= 15 is 0 Å². The van der Waals surface area contributed by atoms with E-state index in [1.165, 1.54) is 0 Å². The van der Waals surface area contributed by atoms with Crippen LogP contribution in [-0.2, 0) is 15.0 Å². The molecule has 0 saturated heterocycles. The molecule has 0 heterocycles. The summed E-state index contributed by atoms with van der Waals surface area (Å²) in [6.45, 7) is 2.68. The molecular weight excluding hydrogens is 212 g/mol. The van der Waals surface area contributed by atoms with Crippen molar-refractivity contribution in [3.63, 3.8) is 0 Å². The number of rotatable bonds is 6. The maximum Gasteiger partial charge on any atom is 0.333 e. The van der Waals surface area contributed by atoms with Crippen LogP contribution in [0.15, 0.2) is 0 Å². The molecule has 0 radical (unpaired) electrons. The third-order valence-electron chi connectivity index (χ3n) is 1.14. The van der Waals surface area contributed by atoms with Crippen molar-refractivity contribution >= 4 is 16.2 Å². The summed E-state index contributed by atoms with van der Waals surface area (Å²) in [5.74, 6) is -1.47. The van der Waals surface area contributed by atoms with Crippen molar-refractivity contribution in [2.45, 2.75) is 26.0 Å². The number of carboxylic acids is 1. The van der Waals surface area contributed by atoms with Gasteiger partial charge in [-0.05, 0) is 13.8 Å². The lowest BCUT2D eigenvalue weighted by Crippen LogP contribution is -2.44. The fourth-order valence-electron chi connectivity index (χ4n) is 0.628. The first-order chi connectivity index (χ1) is 6.24. The highest BCUT2D eigenvalue weighted by Gasteiger charge is 2.17. The number of aliphatic carboxylic acids is 1. The highest BCUT2D eigenvalue weighted by Crippen LogP contribution is 1.86. The minimum atomic E-state index is -3.73. The van der Waals surface area contributed by atoms with Gasteiger partial charge in [-0.2, -0.15) is 17.9 Å². The minimum Gasteiger partial charge on any atom is -0.479 e. The molecule has 14 heavy (non-hydrogen) atoms. The third kappa shape index (κ3) is 5.86. The van der Waals surface area contributed by atoms with E-state index in [2.05, 4.69) is 4.72 Å². The van der Waals surface area contributed by atoms with Crippen molar-refractivity contribution in [3.8, 4) is 0 Å². The highest BCUT2D eigenvalue weighted by atomic mass is 32.2. The molecule has 0 aliphatic carbocycles. The molecular formula is C6H14N2O5S. The standard InChI is InChI=1S/C6H14N2O5S/c1-4(2)8-14(12,13)7-3-5(9)6(10)11/h4-5,7-9H,3H2,1-2H3,(H,10,11). The zero-order valence-electron chi connectivity index (χ0n) is 7.89. The van der Waals surface area contributed by atoms with E-state index < -0.39 is 28.8 Å². The molecule has 0 spiro atoms. The first-order valence-electron chi connectivity index (χ1n) is 3.92. The Kier molecular flexibility index (Phi) is 4.99. The molecule has 1 unspecified atom stereocenters. The molecule has 0 bridgehead atoms. The largest absolute Gasteiger partial charge is 0.479 e. The molecule has 0 aliphatic heterocycles. The average molecular weight is 226 g/mol. The monoisotopic (exact) mass is 226 g/mol. The summed E-state index contributed by atoms with van der Waals surface area (Å²) in [7, 11) is -3.73. The Hall–Kier alpha value is -0.700. The summed E-state index contributed by atoms with van der Waals surface area (Å²) in [4.78, 5) is 10.1. The Bertz CT molecular complexity index is 287. The van der Waals surface area contributed by atoms with Gasteiger partial charge in [0, 0.05) is 12.6 Å². The molecule has 0 rings (SSSR count). The van der Waals surface area contributed by atoms with Crippen LogP contribution in [0.3, 0.4) is 0 Å². The van der Waals surface area contributed by atoms with Gasteiger partial charge in [-0.3, -0.25) is 0 Å². The van der Waals surface area contributed by atoms with Gasteiger partial charge < -0.3 is 10.2 Å². The molecule has 1 atom stereocenters. The lowest BCUT2D eigenvalue weighted by Gasteiger charge is -2.11. The van der Waals surface area contributed by atoms with E-state index in [0.29, 0.717) is 0 Å². The topological polar surface area (TPSA) is 116 Å². The van der Waals surface area contributed by atoms with Crippen LogP contribution in [0.2, 0.25) is 0 Å². The second kappa shape index (κ2) is 5.25. The van der Waals surface area contributed by atoms with Crippen LogP contribution in [0.25, 0.3) is 0 Å². The van der Waals surface area contributed by atoms with Gasteiger partial charge in [0.25, 0.3) is 10.2 Å². The van der Waals surface area contributed by atoms with E-state index in [1.807, 2.05) is 4.72 Å². The maximum atomic E-state index is 11.0. The van der Waals surface area contributed by atoms with Crippen molar-refractivity contribution in [1.82, 2.24) is 9.44 Å². The summed E-state index contributed by atoms with van der Waals surface area (Å²) >= 11 is 0. The van der Waals surface area contributed by atoms with Crippen molar-refractivity contribution in [1.29, 1.82) is 0 Å². The van der Waals surface area contributed by atoms with Crippen LogP contribution in [0.4, 0.5) is 0 Å². The van der Waals surface area contributed by atoms with E-state index in [-0.39, 0.29) is 6.04 Å². The Morgan fingerprint density at radius 1 is 1.43 bits per heavy atom. The second-order valence-electron chi connectivity index (χ2n) is 2.98. The molecule has 84 valence electrons. The molecule has 0 fully saturated rings. The van der Waals surface area contributed by atoms with Gasteiger partial charge in [-0.1, -0.05) is 0 Å². The third-order valence-corrected chi connectivity index (χ3v) is 2.47. The van der Waals surface area contributed by atoms with Crippen LogP contribution >= 0.6 is 0 Å². The van der Waals surface area contributed by atoms with Crippen LogP contribution in [-0.4, -0.2) is 43.3 Å². The predicted octanol–water partition coefficient (Wildman–Crippen LogP) is -1.74.